The monoisotopic (exact) mass is 483 g/mol. The second-order valence-electron chi connectivity index (χ2n) is 11.3. The minimum Gasteiger partial charge on any atom is -0.490 e. The molecule has 1 aromatic rings. The summed E-state index contributed by atoms with van der Waals surface area (Å²) in [6, 6.07) is 6.51. The molecule has 192 valence electrons. The molecule has 1 N–H and O–H groups in total. The quantitative estimate of drug-likeness (QED) is 0.624. The highest BCUT2D eigenvalue weighted by atomic mass is 16.8. The van der Waals surface area contributed by atoms with E-state index in [0.717, 1.165) is 70.5 Å². The maximum atomic E-state index is 13.2. The highest BCUT2D eigenvalue weighted by Crippen LogP contribution is 2.57. The predicted molar refractivity (Wildman–Crippen MR) is 133 cm³/mol. The molecule has 2 atom stereocenters. The summed E-state index contributed by atoms with van der Waals surface area (Å²) in [7, 11) is 1.98. The van der Waals surface area contributed by atoms with Gasteiger partial charge in [-0.2, -0.15) is 0 Å². The van der Waals surface area contributed by atoms with Crippen LogP contribution in [0.3, 0.4) is 0 Å². The van der Waals surface area contributed by atoms with Crippen molar-refractivity contribution in [1.29, 1.82) is 0 Å². The van der Waals surface area contributed by atoms with Crippen LogP contribution in [0.2, 0.25) is 0 Å². The van der Waals surface area contributed by atoms with Crippen LogP contribution in [-0.4, -0.2) is 74.4 Å². The van der Waals surface area contributed by atoms with E-state index < -0.39 is 0 Å². The van der Waals surface area contributed by atoms with Gasteiger partial charge >= 0.3 is 0 Å². The van der Waals surface area contributed by atoms with Crippen LogP contribution in [0.4, 0.5) is 0 Å². The number of carbonyl (C=O) groups excluding carboxylic acids is 1. The molecule has 4 fully saturated rings. The highest BCUT2D eigenvalue weighted by Gasteiger charge is 2.56. The first-order valence-corrected chi connectivity index (χ1v) is 13.9. The average Bonchev–Trinajstić information content (AvgIpc) is 3.68. The molecule has 6 rings (SSSR count). The van der Waals surface area contributed by atoms with E-state index in [4.69, 9.17) is 14.2 Å². The van der Waals surface area contributed by atoms with Crippen molar-refractivity contribution >= 4 is 5.91 Å². The molecule has 5 aliphatic rings. The van der Waals surface area contributed by atoms with Gasteiger partial charge in [0.15, 0.2) is 6.29 Å². The van der Waals surface area contributed by atoms with E-state index in [-0.39, 0.29) is 30.0 Å². The number of epoxide rings is 1. The number of piperidine rings is 2. The van der Waals surface area contributed by atoms with Crippen molar-refractivity contribution in [3.05, 3.63) is 29.3 Å². The van der Waals surface area contributed by atoms with Crippen LogP contribution in [0, 0.1) is 5.92 Å². The molecule has 0 aromatic heterocycles. The molecule has 1 aliphatic carbocycles. The van der Waals surface area contributed by atoms with E-state index in [2.05, 4.69) is 28.4 Å². The van der Waals surface area contributed by atoms with Crippen LogP contribution in [0.1, 0.15) is 75.0 Å². The Balaban J connectivity index is 1.08. The fraction of sp³-hybridized carbons (Fsp3) is 0.750. The molecular formula is C28H41N3O4. The lowest BCUT2D eigenvalue weighted by atomic mass is 9.72. The smallest absolute Gasteiger partial charge is 0.225 e. The van der Waals surface area contributed by atoms with Crippen molar-refractivity contribution in [3.63, 3.8) is 0 Å². The van der Waals surface area contributed by atoms with E-state index in [0.29, 0.717) is 5.91 Å². The van der Waals surface area contributed by atoms with Crippen LogP contribution in [-0.2, 0) is 19.9 Å². The molecule has 1 spiro atoms. The first-order valence-electron chi connectivity index (χ1n) is 13.9. The molecule has 4 heterocycles. The molecule has 0 radical (unpaired) electrons. The van der Waals surface area contributed by atoms with E-state index >= 15 is 0 Å². The molecule has 1 amide bonds. The summed E-state index contributed by atoms with van der Waals surface area (Å²) in [6.07, 6.45) is 9.70. The lowest BCUT2D eigenvalue weighted by molar-refractivity contribution is -0.146. The number of amides is 1. The minimum atomic E-state index is -0.330. The van der Waals surface area contributed by atoms with Crippen LogP contribution >= 0.6 is 0 Å². The van der Waals surface area contributed by atoms with Gasteiger partial charge in [0.25, 0.3) is 0 Å². The zero-order chi connectivity index (χ0) is 23.8. The second-order valence-corrected chi connectivity index (χ2v) is 11.3. The maximum absolute atomic E-state index is 13.2. The van der Waals surface area contributed by atoms with Gasteiger partial charge in [-0.3, -0.25) is 4.79 Å². The van der Waals surface area contributed by atoms with Crippen molar-refractivity contribution in [2.24, 2.45) is 5.92 Å². The Morgan fingerprint density at radius 2 is 1.91 bits per heavy atom. The van der Waals surface area contributed by atoms with E-state index in [9.17, 15) is 4.79 Å². The number of nitrogens with zero attached hydrogens (tertiary/aromatic N) is 2. The van der Waals surface area contributed by atoms with Crippen molar-refractivity contribution in [2.45, 2.75) is 81.9 Å². The third-order valence-electron chi connectivity index (χ3n) is 8.92. The number of hydrogen-bond acceptors (Lipinski definition) is 6. The van der Waals surface area contributed by atoms with Crippen molar-refractivity contribution in [3.8, 4) is 5.75 Å². The molecule has 0 bridgehead atoms. The van der Waals surface area contributed by atoms with Crippen LogP contribution < -0.4 is 10.1 Å². The number of ether oxygens (including phenoxy) is 3. The fourth-order valence-corrected chi connectivity index (χ4v) is 6.68. The molecule has 4 aliphatic heterocycles. The fourth-order valence-electron chi connectivity index (χ4n) is 6.68. The minimum absolute atomic E-state index is 0.0347. The van der Waals surface area contributed by atoms with Crippen molar-refractivity contribution < 1.29 is 19.0 Å². The number of nitrogens with one attached hydrogen (secondary N) is 1. The van der Waals surface area contributed by atoms with Gasteiger partial charge in [0.05, 0.1) is 5.60 Å². The van der Waals surface area contributed by atoms with Gasteiger partial charge < -0.3 is 29.3 Å². The highest BCUT2D eigenvalue weighted by molar-refractivity contribution is 5.78. The maximum Gasteiger partial charge on any atom is 0.225 e. The average molecular weight is 484 g/mol. The summed E-state index contributed by atoms with van der Waals surface area (Å²) in [6.45, 7) is 6.23. The van der Waals surface area contributed by atoms with Gasteiger partial charge in [0, 0.05) is 26.1 Å². The van der Waals surface area contributed by atoms with E-state index in [1.165, 1.54) is 43.5 Å². The number of benzene rings is 1. The predicted octanol–water partition coefficient (Wildman–Crippen LogP) is 3.57. The third kappa shape index (κ3) is 4.97. The first-order chi connectivity index (χ1) is 17.1. The van der Waals surface area contributed by atoms with Crippen molar-refractivity contribution in [2.75, 3.05) is 46.3 Å². The van der Waals surface area contributed by atoms with Crippen LogP contribution in [0.25, 0.3) is 0 Å². The van der Waals surface area contributed by atoms with Crippen LogP contribution in [0.15, 0.2) is 18.2 Å². The zero-order valence-corrected chi connectivity index (χ0v) is 21.2. The number of rotatable bonds is 6. The SMILES string of the molecule is CN(CCN1CCCCC1)C(=O)C1CCC2(CC1)OC1OC1c1cc(OC3CCNCC3)ccc12. The molecule has 2 unspecified atom stereocenters. The second kappa shape index (κ2) is 10.0. The number of likely N-dealkylation sites (N-methyl/N-ethyl adjacent to an activating group) is 1. The number of likely N-dealkylation sites (tertiary alicyclic amines) is 1. The van der Waals surface area contributed by atoms with Gasteiger partial charge in [-0.25, -0.2) is 0 Å². The summed E-state index contributed by atoms with van der Waals surface area (Å²) < 4.78 is 18.7. The normalized spacial score (nSPS) is 33.1. The van der Waals surface area contributed by atoms with Gasteiger partial charge in [-0.15, -0.1) is 0 Å². The van der Waals surface area contributed by atoms with Crippen molar-refractivity contribution in [1.82, 2.24) is 15.1 Å². The molecule has 35 heavy (non-hydrogen) atoms. The Labute approximate surface area is 209 Å². The summed E-state index contributed by atoms with van der Waals surface area (Å²) in [5, 5.41) is 3.40. The lowest BCUT2D eigenvalue weighted by Crippen LogP contribution is -2.44. The van der Waals surface area contributed by atoms with Gasteiger partial charge in [0.1, 0.15) is 18.0 Å². The Hall–Kier alpha value is -1.67. The first kappa shape index (κ1) is 23.7. The Morgan fingerprint density at radius 1 is 1.14 bits per heavy atom. The Morgan fingerprint density at radius 3 is 2.69 bits per heavy atom. The topological polar surface area (TPSA) is 66.6 Å². The molecular weight excluding hydrogens is 442 g/mol. The summed E-state index contributed by atoms with van der Waals surface area (Å²) in [5.74, 6) is 1.35. The number of carbonyl (C=O) groups is 1. The van der Waals surface area contributed by atoms with Crippen LogP contribution in [0.5, 0.6) is 5.75 Å². The molecule has 7 heteroatoms. The number of hydrogen-bond donors (Lipinski definition) is 1. The Kier molecular flexibility index (Phi) is 6.78. The lowest BCUT2D eigenvalue weighted by Gasteiger charge is -2.43. The summed E-state index contributed by atoms with van der Waals surface area (Å²) >= 11 is 0. The molecule has 3 saturated heterocycles. The van der Waals surface area contributed by atoms with E-state index in [1.807, 2.05) is 11.9 Å². The zero-order valence-electron chi connectivity index (χ0n) is 21.2. The largest absolute Gasteiger partial charge is 0.490 e. The van der Waals surface area contributed by atoms with E-state index in [1.54, 1.807) is 0 Å². The summed E-state index contributed by atoms with van der Waals surface area (Å²) in [4.78, 5) is 17.7. The Bertz CT molecular complexity index is 903. The standard InChI is InChI=1S/C28H41N3O4/c1-30(17-18-31-15-3-2-4-16-31)26(32)20-7-11-28(12-8-20)24-6-5-22(33-21-9-13-29-14-10-21)19-23(24)25-27(34-25)35-28/h5-6,19-21,25,27,29H,2-4,7-18H2,1H3. The number of fused-ring (bicyclic) bond motifs is 4. The third-order valence-corrected chi connectivity index (χ3v) is 8.92. The van der Waals surface area contributed by atoms with Gasteiger partial charge in [0.2, 0.25) is 5.91 Å². The molecule has 7 nitrogen and oxygen atoms in total. The van der Waals surface area contributed by atoms with Gasteiger partial charge in [-0.05, 0) is 101 Å². The van der Waals surface area contributed by atoms with Gasteiger partial charge in [-0.1, -0.05) is 12.5 Å². The molecule has 1 aromatic carbocycles. The summed E-state index contributed by atoms with van der Waals surface area (Å²) in [5.41, 5.74) is 2.15. The molecule has 1 saturated carbocycles.